The number of hydrogen-bond acceptors (Lipinski definition) is 4. The number of benzene rings is 3. The first-order valence-electron chi connectivity index (χ1n) is 9.85. The number of fused-ring (bicyclic) bond motifs is 1. The number of carbonyl (C=O) groups is 2. The topological polar surface area (TPSA) is 49.9 Å². The van der Waals surface area contributed by atoms with Gasteiger partial charge in [-0.3, -0.25) is 9.59 Å². The lowest BCUT2D eigenvalue weighted by Crippen LogP contribution is -2.50. The van der Waals surface area contributed by atoms with Crippen LogP contribution >= 0.6 is 0 Å². The molecule has 0 N–H and O–H groups in total. The lowest BCUT2D eigenvalue weighted by molar-refractivity contribution is -0.133. The van der Waals surface area contributed by atoms with Crippen LogP contribution < -0.4 is 9.64 Å². The molecule has 0 atom stereocenters. The van der Waals surface area contributed by atoms with Crippen LogP contribution in [0.2, 0.25) is 0 Å². The molecule has 5 heteroatoms. The van der Waals surface area contributed by atoms with E-state index in [0.717, 1.165) is 47.1 Å². The van der Waals surface area contributed by atoms with Crippen LogP contribution in [0.15, 0.2) is 60.7 Å². The van der Waals surface area contributed by atoms with E-state index in [4.69, 9.17) is 4.74 Å². The molecule has 0 aliphatic carbocycles. The molecule has 148 valence electrons. The third kappa shape index (κ3) is 4.09. The number of ether oxygens (including phenoxy) is 1. The van der Waals surface area contributed by atoms with E-state index in [-0.39, 0.29) is 12.5 Å². The third-order valence-corrected chi connectivity index (χ3v) is 5.43. The predicted molar refractivity (Wildman–Crippen MR) is 115 cm³/mol. The van der Waals surface area contributed by atoms with Crippen LogP contribution in [-0.2, 0) is 4.79 Å². The first kappa shape index (κ1) is 19.0. The Morgan fingerprint density at radius 2 is 1.76 bits per heavy atom. The molecule has 1 fully saturated rings. The molecule has 3 aromatic carbocycles. The second kappa shape index (κ2) is 8.35. The Bertz CT molecular complexity index is 1030. The molecule has 1 heterocycles. The summed E-state index contributed by atoms with van der Waals surface area (Å²) in [6.07, 6.45) is 0.864. The molecule has 0 spiro atoms. The highest BCUT2D eigenvalue weighted by atomic mass is 16.5. The van der Waals surface area contributed by atoms with Crippen LogP contribution in [0.5, 0.6) is 5.75 Å². The fourth-order valence-corrected chi connectivity index (χ4v) is 3.86. The molecule has 0 radical (unpaired) electrons. The largest absolute Gasteiger partial charge is 0.483 e. The minimum Gasteiger partial charge on any atom is -0.483 e. The predicted octanol–water partition coefficient (Wildman–Crippen LogP) is 3.69. The van der Waals surface area contributed by atoms with Crippen molar-refractivity contribution in [2.75, 3.05) is 37.7 Å². The Morgan fingerprint density at radius 1 is 1.00 bits per heavy atom. The minimum atomic E-state index is 0.00519. The molecule has 1 amide bonds. The van der Waals surface area contributed by atoms with E-state index >= 15 is 0 Å². The standard InChI is InChI=1S/C24H24N2O3/c1-18-15-19(16-27)9-10-22(18)25-11-13-26(14-12-25)24(28)17-29-23-8-4-6-20-5-2-3-7-21(20)23/h2-10,15-16H,11-14,17H2,1H3. The summed E-state index contributed by atoms with van der Waals surface area (Å²) in [6, 6.07) is 19.6. The average Bonchev–Trinajstić information content (AvgIpc) is 2.77. The molecule has 0 saturated carbocycles. The van der Waals surface area contributed by atoms with Crippen molar-refractivity contribution in [1.82, 2.24) is 4.90 Å². The average molecular weight is 388 g/mol. The highest BCUT2D eigenvalue weighted by molar-refractivity contribution is 5.88. The highest BCUT2D eigenvalue weighted by Gasteiger charge is 2.22. The number of carbonyl (C=O) groups excluding carboxylic acids is 2. The molecule has 0 unspecified atom stereocenters. The van der Waals surface area contributed by atoms with E-state index in [1.807, 2.05) is 72.5 Å². The van der Waals surface area contributed by atoms with E-state index in [1.54, 1.807) is 0 Å². The normalized spacial score (nSPS) is 14.1. The van der Waals surface area contributed by atoms with Crippen LogP contribution in [0.4, 0.5) is 5.69 Å². The zero-order chi connectivity index (χ0) is 20.2. The van der Waals surface area contributed by atoms with Crippen molar-refractivity contribution in [2.45, 2.75) is 6.92 Å². The van der Waals surface area contributed by atoms with E-state index in [0.29, 0.717) is 18.7 Å². The van der Waals surface area contributed by atoms with Gasteiger partial charge in [0.15, 0.2) is 6.61 Å². The number of piperazine rings is 1. The third-order valence-electron chi connectivity index (χ3n) is 5.43. The van der Waals surface area contributed by atoms with Gasteiger partial charge in [-0.25, -0.2) is 0 Å². The van der Waals surface area contributed by atoms with Gasteiger partial charge in [0.25, 0.3) is 5.91 Å². The van der Waals surface area contributed by atoms with Crippen molar-refractivity contribution in [1.29, 1.82) is 0 Å². The first-order chi connectivity index (χ1) is 14.2. The highest BCUT2D eigenvalue weighted by Crippen LogP contribution is 2.25. The van der Waals surface area contributed by atoms with Gasteiger partial charge in [0, 0.05) is 42.8 Å². The summed E-state index contributed by atoms with van der Waals surface area (Å²) in [5.41, 5.74) is 2.88. The summed E-state index contributed by atoms with van der Waals surface area (Å²) in [4.78, 5) is 27.7. The Hall–Kier alpha value is -3.34. The van der Waals surface area contributed by atoms with Gasteiger partial charge >= 0.3 is 0 Å². The molecule has 5 nitrogen and oxygen atoms in total. The van der Waals surface area contributed by atoms with Crippen LogP contribution in [0.3, 0.4) is 0 Å². The number of rotatable bonds is 5. The summed E-state index contributed by atoms with van der Waals surface area (Å²) < 4.78 is 5.85. The second-order valence-electron chi connectivity index (χ2n) is 7.30. The smallest absolute Gasteiger partial charge is 0.260 e. The van der Waals surface area contributed by atoms with Gasteiger partial charge in [0.2, 0.25) is 0 Å². The number of nitrogens with zero attached hydrogens (tertiary/aromatic N) is 2. The lowest BCUT2D eigenvalue weighted by Gasteiger charge is -2.36. The van der Waals surface area contributed by atoms with Crippen molar-refractivity contribution >= 4 is 28.7 Å². The fraction of sp³-hybridized carbons (Fsp3) is 0.250. The Labute approximate surface area is 170 Å². The Morgan fingerprint density at radius 3 is 2.52 bits per heavy atom. The number of amides is 1. The quantitative estimate of drug-likeness (QED) is 0.626. The monoisotopic (exact) mass is 388 g/mol. The molecular weight excluding hydrogens is 364 g/mol. The van der Waals surface area contributed by atoms with Gasteiger partial charge in [0.1, 0.15) is 12.0 Å². The van der Waals surface area contributed by atoms with E-state index < -0.39 is 0 Å². The summed E-state index contributed by atoms with van der Waals surface area (Å²) in [7, 11) is 0. The maximum atomic E-state index is 12.6. The number of anilines is 1. The van der Waals surface area contributed by atoms with E-state index in [1.165, 1.54) is 0 Å². The first-order valence-corrected chi connectivity index (χ1v) is 9.85. The van der Waals surface area contributed by atoms with Crippen molar-refractivity contribution < 1.29 is 14.3 Å². The van der Waals surface area contributed by atoms with Gasteiger partial charge in [-0.1, -0.05) is 36.4 Å². The molecular formula is C24H24N2O3. The van der Waals surface area contributed by atoms with Crippen molar-refractivity contribution in [2.24, 2.45) is 0 Å². The molecule has 1 aliphatic rings. The van der Waals surface area contributed by atoms with Crippen LogP contribution in [0, 0.1) is 6.92 Å². The van der Waals surface area contributed by atoms with Gasteiger partial charge in [0.05, 0.1) is 0 Å². The maximum Gasteiger partial charge on any atom is 0.260 e. The van der Waals surface area contributed by atoms with Crippen molar-refractivity contribution in [3.63, 3.8) is 0 Å². The maximum absolute atomic E-state index is 12.6. The molecule has 3 aromatic rings. The zero-order valence-electron chi connectivity index (χ0n) is 16.5. The lowest BCUT2D eigenvalue weighted by atomic mass is 10.1. The molecule has 29 heavy (non-hydrogen) atoms. The molecule has 0 aromatic heterocycles. The van der Waals surface area contributed by atoms with Crippen LogP contribution in [0.25, 0.3) is 10.8 Å². The zero-order valence-corrected chi connectivity index (χ0v) is 16.5. The molecule has 1 saturated heterocycles. The van der Waals surface area contributed by atoms with E-state index in [9.17, 15) is 9.59 Å². The summed E-state index contributed by atoms with van der Waals surface area (Å²) in [5, 5.41) is 2.11. The second-order valence-corrected chi connectivity index (χ2v) is 7.30. The van der Waals surface area contributed by atoms with E-state index in [2.05, 4.69) is 4.90 Å². The molecule has 0 bridgehead atoms. The molecule has 4 rings (SSSR count). The van der Waals surface area contributed by atoms with Crippen LogP contribution in [0.1, 0.15) is 15.9 Å². The fourth-order valence-electron chi connectivity index (χ4n) is 3.86. The van der Waals surface area contributed by atoms with Crippen molar-refractivity contribution in [3.05, 3.63) is 71.8 Å². The Kier molecular flexibility index (Phi) is 5.47. The number of aldehydes is 1. The van der Waals surface area contributed by atoms with Crippen LogP contribution in [-0.4, -0.2) is 49.9 Å². The molecule has 1 aliphatic heterocycles. The van der Waals surface area contributed by atoms with Gasteiger partial charge in [-0.2, -0.15) is 0 Å². The van der Waals surface area contributed by atoms with Gasteiger partial charge in [-0.15, -0.1) is 0 Å². The van der Waals surface area contributed by atoms with Gasteiger partial charge in [-0.05, 0) is 42.1 Å². The SMILES string of the molecule is Cc1cc(C=O)ccc1N1CCN(C(=O)COc2cccc3ccccc23)CC1. The van der Waals surface area contributed by atoms with Gasteiger partial charge < -0.3 is 14.5 Å². The number of hydrogen-bond donors (Lipinski definition) is 0. The number of aryl methyl sites for hydroxylation is 1. The Balaban J connectivity index is 1.35. The summed E-state index contributed by atoms with van der Waals surface area (Å²) >= 11 is 0. The minimum absolute atomic E-state index is 0.00519. The summed E-state index contributed by atoms with van der Waals surface area (Å²) in [5.74, 6) is 0.742. The summed E-state index contributed by atoms with van der Waals surface area (Å²) in [6.45, 7) is 4.90. The van der Waals surface area contributed by atoms with Crippen molar-refractivity contribution in [3.8, 4) is 5.75 Å².